The summed E-state index contributed by atoms with van der Waals surface area (Å²) in [5.41, 5.74) is 1.20. The molecule has 0 bridgehead atoms. The molecule has 0 fully saturated rings. The maximum atomic E-state index is 11.1. The first-order valence-electron chi connectivity index (χ1n) is 6.68. The molecule has 23 heavy (non-hydrogen) atoms. The minimum absolute atomic E-state index is 0.0599. The maximum Gasteiger partial charge on any atom is 0.400 e. The molecule has 0 aliphatic carbocycles. The lowest BCUT2D eigenvalue weighted by atomic mass is 10.3. The van der Waals surface area contributed by atoms with E-state index in [0.29, 0.717) is 27.6 Å². The zero-order chi connectivity index (χ0) is 16.2. The van der Waals surface area contributed by atoms with E-state index in [2.05, 4.69) is 4.98 Å². The smallest absolute Gasteiger partial charge is 0.400 e. The number of rotatable bonds is 6. The average Bonchev–Trinajstić information content (AvgIpc) is 2.95. The van der Waals surface area contributed by atoms with Crippen molar-refractivity contribution < 1.29 is 18.7 Å². The molecule has 0 atom stereocenters. The van der Waals surface area contributed by atoms with Gasteiger partial charge < -0.3 is 13.9 Å². The molecule has 7 heteroatoms. The third kappa shape index (κ3) is 3.94. The molecule has 1 heterocycles. The van der Waals surface area contributed by atoms with Crippen LogP contribution in [-0.4, -0.2) is 23.3 Å². The van der Waals surface area contributed by atoms with Gasteiger partial charge in [-0.2, -0.15) is 4.98 Å². The number of alkyl halides is 1. The van der Waals surface area contributed by atoms with E-state index in [1.807, 2.05) is 0 Å². The summed E-state index contributed by atoms with van der Waals surface area (Å²) in [7, 11) is 0. The van der Waals surface area contributed by atoms with Gasteiger partial charge in [0.1, 0.15) is 23.6 Å². The van der Waals surface area contributed by atoms with E-state index in [-0.39, 0.29) is 24.3 Å². The first-order valence-corrected chi connectivity index (χ1v) is 7.60. The van der Waals surface area contributed by atoms with Gasteiger partial charge in [0.2, 0.25) is 0 Å². The normalized spacial score (nSPS) is 10.7. The van der Waals surface area contributed by atoms with E-state index < -0.39 is 0 Å². The molecule has 0 radical (unpaired) electrons. The van der Waals surface area contributed by atoms with Gasteiger partial charge in [0.05, 0.1) is 5.88 Å². The number of oxazole rings is 1. The topological polar surface area (TPSA) is 61.6 Å². The highest BCUT2D eigenvalue weighted by Gasteiger charge is 2.09. The number of fused-ring (bicyclic) bond motifs is 1. The molecule has 3 aromatic rings. The zero-order valence-electron chi connectivity index (χ0n) is 11.8. The fourth-order valence-electron chi connectivity index (χ4n) is 1.83. The Balaban J connectivity index is 1.68. The molecule has 0 N–H and O–H groups in total. The molecule has 0 aliphatic heterocycles. The van der Waals surface area contributed by atoms with Crippen molar-refractivity contribution in [2.45, 2.75) is 0 Å². The summed E-state index contributed by atoms with van der Waals surface area (Å²) in [5.74, 6) is 0.819. The molecular weight excluding hydrogens is 341 g/mol. The standard InChI is InChI=1S/C16H11Cl2NO4/c17-8-11(20)9-21-12-2-4-13(5-3-12)22-16-19-14-6-1-10(18)7-15(14)23-16/h1-7H,8-9H2. The zero-order valence-corrected chi connectivity index (χ0v) is 13.3. The lowest BCUT2D eigenvalue weighted by Gasteiger charge is -2.05. The van der Waals surface area contributed by atoms with Crippen LogP contribution in [0.1, 0.15) is 0 Å². The third-order valence-electron chi connectivity index (χ3n) is 2.91. The molecule has 0 unspecified atom stereocenters. The fraction of sp³-hybridized carbons (Fsp3) is 0.125. The van der Waals surface area contributed by atoms with E-state index in [4.69, 9.17) is 37.1 Å². The molecule has 5 nitrogen and oxygen atoms in total. The SMILES string of the molecule is O=C(CCl)COc1ccc(Oc2nc3ccc(Cl)cc3o2)cc1. The van der Waals surface area contributed by atoms with Crippen LogP contribution < -0.4 is 9.47 Å². The van der Waals surface area contributed by atoms with Gasteiger partial charge in [0, 0.05) is 11.1 Å². The minimum Gasteiger partial charge on any atom is -0.486 e. The number of Topliss-reactive ketones (excluding diaryl/α,β-unsaturated/α-hetero) is 1. The third-order valence-corrected chi connectivity index (χ3v) is 3.44. The van der Waals surface area contributed by atoms with Crippen LogP contribution >= 0.6 is 23.2 Å². The summed E-state index contributed by atoms with van der Waals surface area (Å²) < 4.78 is 16.3. The Hall–Kier alpha value is -2.24. The number of hydrogen-bond acceptors (Lipinski definition) is 5. The van der Waals surface area contributed by atoms with Crippen LogP contribution in [0.4, 0.5) is 0 Å². The molecule has 118 valence electrons. The first-order chi connectivity index (χ1) is 11.1. The van der Waals surface area contributed by atoms with Crippen molar-refractivity contribution in [2.24, 2.45) is 0 Å². The molecule has 0 saturated heterocycles. The van der Waals surface area contributed by atoms with Crippen molar-refractivity contribution >= 4 is 40.1 Å². The largest absolute Gasteiger partial charge is 0.486 e. The van der Waals surface area contributed by atoms with E-state index >= 15 is 0 Å². The number of nitrogens with zero attached hydrogens (tertiary/aromatic N) is 1. The lowest BCUT2D eigenvalue weighted by molar-refractivity contribution is -0.118. The molecule has 1 aromatic heterocycles. The Kier molecular flexibility index (Phi) is 4.69. The number of carbonyl (C=O) groups is 1. The second-order valence-corrected chi connectivity index (χ2v) is 5.33. The summed E-state index contributed by atoms with van der Waals surface area (Å²) in [6, 6.07) is 11.9. The summed E-state index contributed by atoms with van der Waals surface area (Å²) >= 11 is 11.3. The van der Waals surface area contributed by atoms with Crippen LogP contribution in [0.15, 0.2) is 46.9 Å². The molecule has 3 rings (SSSR count). The molecule has 0 amide bonds. The molecule has 0 spiro atoms. The van der Waals surface area contributed by atoms with Crippen LogP contribution in [0.3, 0.4) is 0 Å². The number of benzene rings is 2. The Labute approximate surface area is 141 Å². The number of ether oxygens (including phenoxy) is 2. The van der Waals surface area contributed by atoms with E-state index in [0.717, 1.165) is 0 Å². The minimum atomic E-state index is -0.183. The highest BCUT2D eigenvalue weighted by atomic mass is 35.5. The molecular formula is C16H11Cl2NO4. The van der Waals surface area contributed by atoms with Crippen molar-refractivity contribution in [3.05, 3.63) is 47.5 Å². The van der Waals surface area contributed by atoms with Crippen molar-refractivity contribution in [2.75, 3.05) is 12.5 Å². The summed E-state index contributed by atoms with van der Waals surface area (Å²) in [4.78, 5) is 15.3. The van der Waals surface area contributed by atoms with Crippen LogP contribution in [0, 0.1) is 0 Å². The van der Waals surface area contributed by atoms with Gasteiger partial charge in [-0.15, -0.1) is 11.6 Å². The molecule has 0 saturated carbocycles. The summed E-state index contributed by atoms with van der Waals surface area (Å²) in [6.07, 6.45) is 0.119. The van der Waals surface area contributed by atoms with Crippen LogP contribution in [0.5, 0.6) is 17.6 Å². The number of ketones is 1. The van der Waals surface area contributed by atoms with Crippen LogP contribution in [0.2, 0.25) is 5.02 Å². The Bertz CT molecular complexity index is 830. The predicted octanol–water partition coefficient (Wildman–Crippen LogP) is 4.46. The van der Waals surface area contributed by atoms with Gasteiger partial charge in [-0.1, -0.05) is 11.6 Å². The molecule has 2 aromatic carbocycles. The van der Waals surface area contributed by atoms with Gasteiger partial charge in [-0.3, -0.25) is 4.79 Å². The van der Waals surface area contributed by atoms with Gasteiger partial charge in [-0.05, 0) is 36.4 Å². The quantitative estimate of drug-likeness (QED) is 0.613. The Morgan fingerprint density at radius 1 is 1.13 bits per heavy atom. The number of halogens is 2. The van der Waals surface area contributed by atoms with E-state index in [1.165, 1.54) is 0 Å². The second-order valence-electron chi connectivity index (χ2n) is 4.63. The van der Waals surface area contributed by atoms with Gasteiger partial charge in [0.25, 0.3) is 0 Å². The van der Waals surface area contributed by atoms with Crippen molar-refractivity contribution in [3.63, 3.8) is 0 Å². The summed E-state index contributed by atoms with van der Waals surface area (Å²) in [6.45, 7) is -0.0599. The Morgan fingerprint density at radius 2 is 1.87 bits per heavy atom. The summed E-state index contributed by atoms with van der Waals surface area (Å²) in [5, 5.41) is 0.563. The lowest BCUT2D eigenvalue weighted by Crippen LogP contribution is -2.11. The van der Waals surface area contributed by atoms with Crippen molar-refractivity contribution in [1.82, 2.24) is 4.98 Å². The fourth-order valence-corrected chi connectivity index (χ4v) is 2.07. The van der Waals surface area contributed by atoms with Crippen molar-refractivity contribution in [1.29, 1.82) is 0 Å². The average molecular weight is 352 g/mol. The second kappa shape index (κ2) is 6.89. The maximum absolute atomic E-state index is 11.1. The van der Waals surface area contributed by atoms with E-state index in [1.54, 1.807) is 42.5 Å². The van der Waals surface area contributed by atoms with Gasteiger partial charge >= 0.3 is 6.08 Å². The van der Waals surface area contributed by atoms with Crippen LogP contribution in [0.25, 0.3) is 11.1 Å². The number of carbonyl (C=O) groups excluding carboxylic acids is 1. The van der Waals surface area contributed by atoms with Crippen LogP contribution in [-0.2, 0) is 4.79 Å². The first kappa shape index (κ1) is 15.6. The highest BCUT2D eigenvalue weighted by Crippen LogP contribution is 2.28. The van der Waals surface area contributed by atoms with Gasteiger partial charge in [0.15, 0.2) is 11.4 Å². The Morgan fingerprint density at radius 3 is 2.61 bits per heavy atom. The number of aromatic nitrogens is 1. The van der Waals surface area contributed by atoms with E-state index in [9.17, 15) is 4.79 Å². The van der Waals surface area contributed by atoms with Gasteiger partial charge in [-0.25, -0.2) is 0 Å². The highest BCUT2D eigenvalue weighted by molar-refractivity contribution is 6.31. The number of hydrogen-bond donors (Lipinski definition) is 0. The monoisotopic (exact) mass is 351 g/mol. The molecule has 0 aliphatic rings. The van der Waals surface area contributed by atoms with Crippen molar-refractivity contribution in [3.8, 4) is 17.6 Å². The predicted molar refractivity (Wildman–Crippen MR) is 86.8 cm³/mol.